The minimum absolute atomic E-state index is 0.0261. The molecule has 7 atom stereocenters. The third-order valence-corrected chi connectivity index (χ3v) is 13.6. The van der Waals surface area contributed by atoms with Crippen molar-refractivity contribution < 1.29 is 49.3 Å². The summed E-state index contributed by atoms with van der Waals surface area (Å²) >= 11 is 0. The highest BCUT2D eigenvalue weighted by Crippen LogP contribution is 2.23. The van der Waals surface area contributed by atoms with Crippen molar-refractivity contribution >= 4 is 11.9 Å². The molecule has 7 unspecified atom stereocenters. The second-order valence-corrected chi connectivity index (χ2v) is 20.0. The zero-order valence-electron chi connectivity index (χ0n) is 43.8. The highest BCUT2D eigenvalue weighted by molar-refractivity contribution is 5.76. The summed E-state index contributed by atoms with van der Waals surface area (Å²) in [6, 6.07) is -0.819. The highest BCUT2D eigenvalue weighted by Gasteiger charge is 2.44. The Morgan fingerprint density at radius 2 is 0.941 bits per heavy atom. The SMILES string of the molecule is CCCCCCCCC/C=C/C(O)C(COC1OC(CO)C(O)C(O)C1O)NC(=O)CCCCCCCCC/C=C\CCCCCCOC(=O)CCCCCCCCCCCCCCCCCC. The van der Waals surface area contributed by atoms with Crippen LogP contribution in [0.15, 0.2) is 24.3 Å². The number of carbonyl (C=O) groups is 2. The summed E-state index contributed by atoms with van der Waals surface area (Å²) in [6.45, 7) is 4.27. The smallest absolute Gasteiger partial charge is 0.305 e. The molecule has 0 aromatic carbocycles. The summed E-state index contributed by atoms with van der Waals surface area (Å²) < 4.78 is 16.7. The van der Waals surface area contributed by atoms with E-state index in [-0.39, 0.29) is 18.5 Å². The quantitative estimate of drug-likeness (QED) is 0.0196. The minimum Gasteiger partial charge on any atom is -0.466 e. The second kappa shape index (κ2) is 47.5. The molecule has 11 heteroatoms. The number of ether oxygens (including phenoxy) is 3. The molecule has 68 heavy (non-hydrogen) atoms. The van der Waals surface area contributed by atoms with Gasteiger partial charge < -0.3 is 45.1 Å². The molecule has 11 nitrogen and oxygen atoms in total. The molecule has 0 aromatic rings. The molecule has 0 radical (unpaired) electrons. The Kier molecular flexibility index (Phi) is 44.8. The normalized spacial score (nSPS) is 19.5. The van der Waals surface area contributed by atoms with Crippen LogP contribution >= 0.6 is 0 Å². The van der Waals surface area contributed by atoms with Gasteiger partial charge in [0.2, 0.25) is 5.91 Å². The Hall–Kier alpha value is -1.86. The van der Waals surface area contributed by atoms with Gasteiger partial charge in [-0.1, -0.05) is 218 Å². The molecule has 0 bridgehead atoms. The van der Waals surface area contributed by atoms with E-state index >= 15 is 0 Å². The van der Waals surface area contributed by atoms with Crippen molar-refractivity contribution in [3.05, 3.63) is 24.3 Å². The molecule has 0 aliphatic carbocycles. The van der Waals surface area contributed by atoms with Crippen LogP contribution in [0.5, 0.6) is 0 Å². The molecule has 0 saturated carbocycles. The number of rotatable bonds is 49. The van der Waals surface area contributed by atoms with Gasteiger partial charge in [0, 0.05) is 12.8 Å². The highest BCUT2D eigenvalue weighted by atomic mass is 16.7. The topological polar surface area (TPSA) is 175 Å². The van der Waals surface area contributed by atoms with Crippen LogP contribution < -0.4 is 5.32 Å². The number of aliphatic hydroxyl groups excluding tert-OH is 5. The third kappa shape index (κ3) is 37.0. The van der Waals surface area contributed by atoms with Crippen LogP contribution in [-0.4, -0.2) is 100 Å². The summed E-state index contributed by atoms with van der Waals surface area (Å²) in [6.07, 6.45) is 45.6. The third-order valence-electron chi connectivity index (χ3n) is 13.6. The average Bonchev–Trinajstić information content (AvgIpc) is 3.33. The fraction of sp³-hybridized carbons (Fsp3) is 0.895. The van der Waals surface area contributed by atoms with E-state index in [0.29, 0.717) is 19.4 Å². The van der Waals surface area contributed by atoms with Crippen molar-refractivity contribution in [2.24, 2.45) is 0 Å². The van der Waals surface area contributed by atoms with Crippen LogP contribution in [0.4, 0.5) is 0 Å². The first kappa shape index (κ1) is 64.2. The van der Waals surface area contributed by atoms with E-state index in [4.69, 9.17) is 14.2 Å². The van der Waals surface area contributed by atoms with E-state index in [1.807, 2.05) is 6.08 Å². The van der Waals surface area contributed by atoms with Crippen LogP contribution in [0.1, 0.15) is 264 Å². The zero-order valence-corrected chi connectivity index (χ0v) is 43.8. The van der Waals surface area contributed by atoms with Gasteiger partial charge in [-0.15, -0.1) is 0 Å². The summed E-state index contributed by atoms with van der Waals surface area (Å²) in [5, 5.41) is 54.1. The van der Waals surface area contributed by atoms with Gasteiger partial charge in [0.05, 0.1) is 32.0 Å². The summed E-state index contributed by atoms with van der Waals surface area (Å²) in [5.41, 5.74) is 0. The first-order valence-corrected chi connectivity index (χ1v) is 28.6. The molecule has 1 aliphatic rings. The monoisotopic (exact) mass is 966 g/mol. The maximum atomic E-state index is 13.0. The predicted octanol–water partition coefficient (Wildman–Crippen LogP) is 12.6. The molecule has 1 amide bonds. The van der Waals surface area contributed by atoms with E-state index in [9.17, 15) is 35.1 Å². The minimum atomic E-state index is -1.58. The van der Waals surface area contributed by atoms with Crippen molar-refractivity contribution in [3.8, 4) is 0 Å². The van der Waals surface area contributed by atoms with Gasteiger partial charge in [-0.2, -0.15) is 0 Å². The van der Waals surface area contributed by atoms with Gasteiger partial charge in [0.1, 0.15) is 24.4 Å². The molecule has 1 fully saturated rings. The number of carbonyl (C=O) groups excluding carboxylic acids is 2. The predicted molar refractivity (Wildman–Crippen MR) is 278 cm³/mol. The Morgan fingerprint density at radius 1 is 0.529 bits per heavy atom. The first-order chi connectivity index (χ1) is 33.2. The van der Waals surface area contributed by atoms with E-state index < -0.39 is 49.5 Å². The number of hydrogen-bond acceptors (Lipinski definition) is 10. The average molecular weight is 966 g/mol. The summed E-state index contributed by atoms with van der Waals surface area (Å²) in [7, 11) is 0. The van der Waals surface area contributed by atoms with E-state index in [1.165, 1.54) is 154 Å². The van der Waals surface area contributed by atoms with E-state index in [0.717, 1.165) is 83.5 Å². The van der Waals surface area contributed by atoms with Crippen LogP contribution in [0, 0.1) is 0 Å². The van der Waals surface area contributed by atoms with Crippen molar-refractivity contribution in [3.63, 3.8) is 0 Å². The second-order valence-electron chi connectivity index (χ2n) is 20.0. The number of esters is 1. The summed E-state index contributed by atoms with van der Waals surface area (Å²) in [5.74, 6) is -0.225. The number of allylic oxidation sites excluding steroid dienone is 3. The number of hydrogen-bond donors (Lipinski definition) is 6. The lowest BCUT2D eigenvalue weighted by molar-refractivity contribution is -0.302. The number of unbranched alkanes of at least 4 members (excludes halogenated alkanes) is 33. The molecular weight excluding hydrogens is 859 g/mol. The van der Waals surface area contributed by atoms with Gasteiger partial charge in [0.25, 0.3) is 0 Å². The zero-order chi connectivity index (χ0) is 49.6. The molecule has 1 aliphatic heterocycles. The number of aliphatic hydroxyl groups is 5. The Bertz CT molecular complexity index is 1180. The van der Waals surface area contributed by atoms with Crippen molar-refractivity contribution in [1.29, 1.82) is 0 Å². The molecule has 6 N–H and O–H groups in total. The number of nitrogens with one attached hydrogen (secondary N) is 1. The van der Waals surface area contributed by atoms with Crippen LogP contribution in [0.2, 0.25) is 0 Å². The van der Waals surface area contributed by atoms with Gasteiger partial charge in [0.15, 0.2) is 6.29 Å². The van der Waals surface area contributed by atoms with Crippen LogP contribution in [0.25, 0.3) is 0 Å². The first-order valence-electron chi connectivity index (χ1n) is 28.6. The fourth-order valence-corrected chi connectivity index (χ4v) is 8.96. The molecule has 1 saturated heterocycles. The molecule has 0 aromatic heterocycles. The van der Waals surface area contributed by atoms with Crippen LogP contribution in [-0.2, 0) is 23.8 Å². The fourth-order valence-electron chi connectivity index (χ4n) is 8.96. The van der Waals surface area contributed by atoms with Crippen molar-refractivity contribution in [2.45, 2.75) is 307 Å². The van der Waals surface area contributed by atoms with Crippen molar-refractivity contribution in [2.75, 3.05) is 19.8 Å². The Morgan fingerprint density at radius 3 is 1.41 bits per heavy atom. The standard InChI is InChI=1S/C57H107NO10/c1-3-5-7-9-11-13-14-15-16-19-22-25-29-33-37-41-45-53(62)66-46-42-38-34-30-26-23-20-17-18-21-24-28-32-36-40-44-52(61)58-49(50(60)43-39-35-31-27-12-10-8-6-4-2)48-67-57-56(65)55(64)54(63)51(47-59)68-57/h20,23,39,43,49-51,54-57,59-60,63-65H,3-19,21-22,24-38,40-42,44-48H2,1-2H3,(H,58,61)/b23-20-,43-39+. The molecule has 400 valence electrons. The van der Waals surface area contributed by atoms with Gasteiger partial charge in [-0.3, -0.25) is 9.59 Å². The van der Waals surface area contributed by atoms with E-state index in [2.05, 4.69) is 31.3 Å². The van der Waals surface area contributed by atoms with Crippen molar-refractivity contribution in [1.82, 2.24) is 5.32 Å². The lowest BCUT2D eigenvalue weighted by Gasteiger charge is -2.40. The summed E-state index contributed by atoms with van der Waals surface area (Å²) in [4.78, 5) is 25.1. The molecule has 1 rings (SSSR count). The maximum absolute atomic E-state index is 13.0. The molecule has 1 heterocycles. The largest absolute Gasteiger partial charge is 0.466 e. The number of amides is 1. The van der Waals surface area contributed by atoms with Gasteiger partial charge >= 0.3 is 5.97 Å². The van der Waals surface area contributed by atoms with E-state index in [1.54, 1.807) is 6.08 Å². The lowest BCUT2D eigenvalue weighted by atomic mass is 9.99. The Balaban J connectivity index is 2.07. The molecular formula is C57H107NO10. The Labute approximate surface area is 416 Å². The van der Waals surface area contributed by atoms with Gasteiger partial charge in [-0.05, 0) is 57.8 Å². The lowest BCUT2D eigenvalue weighted by Crippen LogP contribution is -2.60. The maximum Gasteiger partial charge on any atom is 0.305 e. The molecule has 0 spiro atoms. The van der Waals surface area contributed by atoms with Gasteiger partial charge in [-0.25, -0.2) is 0 Å². The van der Waals surface area contributed by atoms with Crippen LogP contribution in [0.3, 0.4) is 0 Å².